The molecule has 1 heterocycles. The fraction of sp³-hybridized carbons (Fsp3) is 0.471. The van der Waals surface area contributed by atoms with Crippen LogP contribution >= 0.6 is 0 Å². The number of hydrogen-bond acceptors (Lipinski definition) is 3. The van der Waals surface area contributed by atoms with Crippen molar-refractivity contribution in [2.24, 2.45) is 0 Å². The molecule has 4 heteroatoms. The largest absolute Gasteiger partial charge is 0.494 e. The Morgan fingerprint density at radius 2 is 1.90 bits per heavy atom. The molecule has 1 amide bonds. The summed E-state index contributed by atoms with van der Waals surface area (Å²) >= 11 is 0. The molecule has 1 fully saturated rings. The minimum Gasteiger partial charge on any atom is -0.494 e. The molecule has 0 saturated carbocycles. The molecule has 0 unspecified atom stereocenters. The first-order valence-electron chi connectivity index (χ1n) is 7.50. The highest BCUT2D eigenvalue weighted by molar-refractivity contribution is 6.00. The lowest BCUT2D eigenvalue weighted by Gasteiger charge is -2.32. The van der Waals surface area contributed by atoms with Gasteiger partial charge in [0.2, 0.25) is 0 Å². The monoisotopic (exact) mass is 288 g/mol. The van der Waals surface area contributed by atoms with Crippen LogP contribution in [0.15, 0.2) is 36.4 Å². The molecule has 0 aliphatic carbocycles. The maximum absolute atomic E-state index is 11.8. The molecular formula is C17H24N2O2. The van der Waals surface area contributed by atoms with E-state index in [2.05, 4.69) is 18.9 Å². The Balaban J connectivity index is 2.02. The van der Waals surface area contributed by atoms with Gasteiger partial charge in [0.25, 0.3) is 5.91 Å². The fourth-order valence-electron chi connectivity index (χ4n) is 2.34. The molecule has 1 saturated heterocycles. The van der Waals surface area contributed by atoms with Gasteiger partial charge in [0.15, 0.2) is 0 Å². The molecule has 1 aromatic rings. The van der Waals surface area contributed by atoms with Gasteiger partial charge in [-0.3, -0.25) is 15.2 Å². The van der Waals surface area contributed by atoms with Crippen LogP contribution in [0.5, 0.6) is 5.75 Å². The van der Waals surface area contributed by atoms with Crippen molar-refractivity contribution in [1.29, 1.82) is 0 Å². The second kappa shape index (κ2) is 6.20. The topological polar surface area (TPSA) is 41.6 Å². The number of carbonyl (C=O) groups excluding carboxylic acids is 1. The fourth-order valence-corrected chi connectivity index (χ4v) is 2.34. The molecule has 2 rings (SSSR count). The molecule has 1 N–H and O–H groups in total. The van der Waals surface area contributed by atoms with Gasteiger partial charge in [-0.05, 0) is 44.5 Å². The van der Waals surface area contributed by atoms with E-state index in [9.17, 15) is 4.79 Å². The second-order valence-corrected chi connectivity index (χ2v) is 5.86. The van der Waals surface area contributed by atoms with Crippen molar-refractivity contribution in [2.45, 2.75) is 45.6 Å². The van der Waals surface area contributed by atoms with Crippen molar-refractivity contribution >= 4 is 11.6 Å². The first-order valence-corrected chi connectivity index (χ1v) is 7.50. The molecule has 1 aliphatic heterocycles. The summed E-state index contributed by atoms with van der Waals surface area (Å²) in [6.07, 6.45) is 3.46. The number of ether oxygens (including phenoxy) is 1. The minimum atomic E-state index is -0.430. The standard InChI is InChI=1S/C17H24N2O2/c1-5-6-7-12-21-15-10-8-14(9-11-15)19-17(3,4)13(2)16(20)18-19/h8-11H,2,5-7,12H2,1,3-4H3,(H,18,20). The average molecular weight is 288 g/mol. The molecule has 0 aromatic heterocycles. The van der Waals surface area contributed by atoms with Crippen molar-refractivity contribution in [2.75, 3.05) is 11.6 Å². The maximum atomic E-state index is 11.8. The lowest BCUT2D eigenvalue weighted by Crippen LogP contribution is -2.44. The van der Waals surface area contributed by atoms with Crippen molar-refractivity contribution in [3.63, 3.8) is 0 Å². The Hall–Kier alpha value is -1.97. The van der Waals surface area contributed by atoms with Gasteiger partial charge in [-0.2, -0.15) is 0 Å². The lowest BCUT2D eigenvalue weighted by molar-refractivity contribution is -0.116. The summed E-state index contributed by atoms with van der Waals surface area (Å²) < 4.78 is 5.70. The molecule has 4 nitrogen and oxygen atoms in total. The van der Waals surface area contributed by atoms with Gasteiger partial charge in [0.1, 0.15) is 5.75 Å². The third kappa shape index (κ3) is 3.20. The van der Waals surface area contributed by atoms with Crippen molar-refractivity contribution < 1.29 is 9.53 Å². The smallest absolute Gasteiger partial charge is 0.267 e. The maximum Gasteiger partial charge on any atom is 0.267 e. The summed E-state index contributed by atoms with van der Waals surface area (Å²) in [5.74, 6) is 0.733. The minimum absolute atomic E-state index is 0.125. The Bertz CT molecular complexity index is 520. The third-order valence-electron chi connectivity index (χ3n) is 3.90. The number of amides is 1. The molecule has 1 aromatic carbocycles. The average Bonchev–Trinajstić information content (AvgIpc) is 2.68. The highest BCUT2D eigenvalue weighted by atomic mass is 16.5. The van der Waals surface area contributed by atoms with E-state index in [4.69, 9.17) is 4.74 Å². The number of nitrogens with zero attached hydrogens (tertiary/aromatic N) is 1. The van der Waals surface area contributed by atoms with E-state index in [1.54, 1.807) is 0 Å². The summed E-state index contributed by atoms with van der Waals surface area (Å²) in [4.78, 5) is 11.8. The van der Waals surface area contributed by atoms with Gasteiger partial charge < -0.3 is 4.74 Å². The number of hydrogen-bond donors (Lipinski definition) is 1. The SMILES string of the molecule is C=C1C(=O)NN(c2ccc(OCCCCC)cc2)C1(C)C. The van der Waals surface area contributed by atoms with E-state index < -0.39 is 5.54 Å². The first-order chi connectivity index (χ1) is 9.96. The van der Waals surface area contributed by atoms with Crippen LogP contribution in [-0.4, -0.2) is 18.1 Å². The molecule has 0 bridgehead atoms. The number of anilines is 1. The molecule has 114 valence electrons. The van der Waals surface area contributed by atoms with Crippen LogP contribution in [0.1, 0.15) is 40.0 Å². The molecule has 0 radical (unpaired) electrons. The van der Waals surface area contributed by atoms with Gasteiger partial charge in [-0.15, -0.1) is 0 Å². The van der Waals surface area contributed by atoms with Crippen LogP contribution in [0.4, 0.5) is 5.69 Å². The van der Waals surface area contributed by atoms with Crippen molar-refractivity contribution in [3.8, 4) is 5.75 Å². The number of benzene rings is 1. The van der Waals surface area contributed by atoms with Crippen molar-refractivity contribution in [3.05, 3.63) is 36.4 Å². The Labute approximate surface area is 126 Å². The van der Waals surface area contributed by atoms with Gasteiger partial charge in [-0.1, -0.05) is 26.3 Å². The zero-order valence-electron chi connectivity index (χ0n) is 13.1. The molecule has 0 spiro atoms. The first kappa shape index (κ1) is 15.4. The number of rotatable bonds is 6. The zero-order chi connectivity index (χ0) is 15.5. The zero-order valence-corrected chi connectivity index (χ0v) is 13.1. The van der Waals surface area contributed by atoms with E-state index in [0.717, 1.165) is 24.5 Å². The van der Waals surface area contributed by atoms with Crippen LogP contribution < -0.4 is 15.2 Å². The normalized spacial score (nSPS) is 17.0. The van der Waals surface area contributed by atoms with Gasteiger partial charge in [0, 0.05) is 5.57 Å². The van der Waals surface area contributed by atoms with E-state index in [1.807, 2.05) is 43.1 Å². The third-order valence-corrected chi connectivity index (χ3v) is 3.90. The summed E-state index contributed by atoms with van der Waals surface area (Å²) in [5.41, 5.74) is 3.91. The predicted molar refractivity (Wildman–Crippen MR) is 85.3 cm³/mol. The summed E-state index contributed by atoms with van der Waals surface area (Å²) in [7, 11) is 0. The number of nitrogens with one attached hydrogen (secondary N) is 1. The van der Waals surface area contributed by atoms with Crippen LogP contribution in [0, 0.1) is 0 Å². The van der Waals surface area contributed by atoms with Gasteiger partial charge >= 0.3 is 0 Å². The predicted octanol–water partition coefficient (Wildman–Crippen LogP) is 3.44. The van der Waals surface area contributed by atoms with Crippen LogP contribution in [0.3, 0.4) is 0 Å². The van der Waals surface area contributed by atoms with Crippen LogP contribution in [0.2, 0.25) is 0 Å². The lowest BCUT2D eigenvalue weighted by atomic mass is 9.96. The Morgan fingerprint density at radius 3 is 2.43 bits per heavy atom. The van der Waals surface area contributed by atoms with Crippen molar-refractivity contribution in [1.82, 2.24) is 5.43 Å². The van der Waals surface area contributed by atoms with Gasteiger partial charge in [0.05, 0.1) is 17.8 Å². The Morgan fingerprint density at radius 1 is 1.24 bits per heavy atom. The summed E-state index contributed by atoms with van der Waals surface area (Å²) in [6.45, 7) is 10.7. The molecule has 21 heavy (non-hydrogen) atoms. The quantitative estimate of drug-likeness (QED) is 0.644. The number of hydrazine groups is 1. The second-order valence-electron chi connectivity index (χ2n) is 5.86. The number of unbranched alkanes of at least 4 members (excludes halogenated alkanes) is 2. The van der Waals surface area contributed by atoms with E-state index >= 15 is 0 Å². The highest BCUT2D eigenvalue weighted by Crippen LogP contribution is 2.32. The Kier molecular flexibility index (Phi) is 4.56. The summed E-state index contributed by atoms with van der Waals surface area (Å²) in [5, 5.41) is 1.85. The molecular weight excluding hydrogens is 264 g/mol. The van der Waals surface area contributed by atoms with Gasteiger partial charge in [-0.25, -0.2) is 0 Å². The molecule has 1 aliphatic rings. The van der Waals surface area contributed by atoms with E-state index in [1.165, 1.54) is 12.8 Å². The van der Waals surface area contributed by atoms with E-state index in [0.29, 0.717) is 5.57 Å². The highest BCUT2D eigenvalue weighted by Gasteiger charge is 2.41. The molecule has 0 atom stereocenters. The number of carbonyl (C=O) groups is 1. The summed E-state index contributed by atoms with van der Waals surface area (Å²) in [6, 6.07) is 7.78. The van der Waals surface area contributed by atoms with Crippen LogP contribution in [0.25, 0.3) is 0 Å². The van der Waals surface area contributed by atoms with E-state index in [-0.39, 0.29) is 5.91 Å². The van der Waals surface area contributed by atoms with Crippen LogP contribution in [-0.2, 0) is 4.79 Å².